The van der Waals surface area contributed by atoms with Crippen molar-refractivity contribution in [1.82, 2.24) is 24.2 Å². The first-order chi connectivity index (χ1) is 16.1. The van der Waals surface area contributed by atoms with Crippen LogP contribution in [-0.2, 0) is 13.6 Å². The van der Waals surface area contributed by atoms with Crippen LogP contribution in [0.1, 0.15) is 22.5 Å². The molecule has 0 radical (unpaired) electrons. The zero-order valence-corrected chi connectivity index (χ0v) is 18.5. The molecule has 0 spiro atoms. The Balaban J connectivity index is 1.77. The minimum atomic E-state index is -0.210. The number of hydrogen-bond donors (Lipinski definition) is 0. The molecule has 1 aromatic carbocycles. The van der Waals surface area contributed by atoms with Gasteiger partial charge in [0.2, 0.25) is 0 Å². The van der Waals surface area contributed by atoms with Gasteiger partial charge in [0.15, 0.2) is 0 Å². The van der Waals surface area contributed by atoms with Crippen LogP contribution in [-0.4, -0.2) is 43.8 Å². The molecule has 0 saturated carbocycles. The zero-order valence-electron chi connectivity index (χ0n) is 18.5. The molecule has 166 valence electrons. The number of hydrogen-bond acceptors (Lipinski definition) is 5. The first-order valence-electron chi connectivity index (χ1n) is 10.5. The molecule has 8 nitrogen and oxygen atoms in total. The average Bonchev–Trinajstić information content (AvgIpc) is 3.48. The summed E-state index contributed by atoms with van der Waals surface area (Å²) in [6.45, 7) is 0.652. The fourth-order valence-corrected chi connectivity index (χ4v) is 3.62. The third kappa shape index (κ3) is 4.77. The molecule has 33 heavy (non-hydrogen) atoms. The quantitative estimate of drug-likeness (QED) is 0.415. The standard InChI is InChI=1S/C25H24N6O2/c1-29-14-4-7-23(29)22-16-24(31(28-22)20-8-10-21(33-2)11-9-20)25(32)30(15-5-12-26)18-19-6-3-13-27-17-19/h3-4,6-11,13-14,16-17H,5,15,18H2,1-2H3. The van der Waals surface area contributed by atoms with Crippen molar-refractivity contribution < 1.29 is 9.53 Å². The van der Waals surface area contributed by atoms with Gasteiger partial charge >= 0.3 is 0 Å². The zero-order chi connectivity index (χ0) is 23.2. The van der Waals surface area contributed by atoms with Gasteiger partial charge in [-0.2, -0.15) is 10.4 Å². The van der Waals surface area contributed by atoms with Gasteiger partial charge in [-0.3, -0.25) is 9.78 Å². The molecule has 0 saturated heterocycles. The Morgan fingerprint density at radius 2 is 2.00 bits per heavy atom. The molecule has 0 atom stereocenters. The SMILES string of the molecule is COc1ccc(-n2nc(-c3cccn3C)cc2C(=O)N(CCC#N)Cc2cccnc2)cc1. The largest absolute Gasteiger partial charge is 0.497 e. The van der Waals surface area contributed by atoms with E-state index in [4.69, 9.17) is 15.1 Å². The topological polar surface area (TPSA) is 89.0 Å². The number of carbonyl (C=O) groups excluding carboxylic acids is 1. The first kappa shape index (κ1) is 21.8. The highest BCUT2D eigenvalue weighted by Crippen LogP contribution is 2.24. The maximum absolute atomic E-state index is 13.7. The number of rotatable bonds is 8. The lowest BCUT2D eigenvalue weighted by molar-refractivity contribution is 0.0737. The van der Waals surface area contributed by atoms with Gasteiger partial charge < -0.3 is 14.2 Å². The van der Waals surface area contributed by atoms with Crippen molar-refractivity contribution in [3.05, 3.63) is 84.4 Å². The van der Waals surface area contributed by atoms with Crippen molar-refractivity contribution in [2.75, 3.05) is 13.7 Å². The number of nitrogens with zero attached hydrogens (tertiary/aromatic N) is 6. The van der Waals surface area contributed by atoms with Crippen LogP contribution in [0.5, 0.6) is 5.75 Å². The van der Waals surface area contributed by atoms with E-state index in [0.29, 0.717) is 30.2 Å². The Morgan fingerprint density at radius 3 is 2.64 bits per heavy atom. The number of methoxy groups -OCH3 is 1. The van der Waals surface area contributed by atoms with Gasteiger partial charge in [-0.1, -0.05) is 6.07 Å². The molecule has 1 amide bonds. The number of pyridine rings is 1. The summed E-state index contributed by atoms with van der Waals surface area (Å²) in [6.07, 6.45) is 5.58. The van der Waals surface area contributed by atoms with E-state index in [1.807, 2.05) is 66.3 Å². The molecule has 4 rings (SSSR count). The number of nitriles is 1. The molecule has 0 aliphatic carbocycles. The molecular formula is C25H24N6O2. The van der Waals surface area contributed by atoms with Crippen LogP contribution in [0.25, 0.3) is 17.1 Å². The summed E-state index contributed by atoms with van der Waals surface area (Å²) in [5.41, 5.74) is 3.62. The highest BCUT2D eigenvalue weighted by atomic mass is 16.5. The molecule has 4 aromatic rings. The summed E-state index contributed by atoms with van der Waals surface area (Å²) in [6, 6.07) is 18.9. The third-order valence-corrected chi connectivity index (χ3v) is 5.33. The molecule has 8 heteroatoms. The summed E-state index contributed by atoms with van der Waals surface area (Å²) in [5.74, 6) is 0.506. The van der Waals surface area contributed by atoms with Crippen molar-refractivity contribution in [2.45, 2.75) is 13.0 Å². The van der Waals surface area contributed by atoms with E-state index < -0.39 is 0 Å². The van der Waals surface area contributed by atoms with E-state index >= 15 is 0 Å². The summed E-state index contributed by atoms with van der Waals surface area (Å²) in [4.78, 5) is 19.5. The number of carbonyl (C=O) groups is 1. The Kier molecular flexibility index (Phi) is 6.51. The molecule has 0 aliphatic heterocycles. The van der Waals surface area contributed by atoms with E-state index in [9.17, 15) is 4.79 Å². The summed E-state index contributed by atoms with van der Waals surface area (Å²) in [7, 11) is 3.54. The normalized spacial score (nSPS) is 10.6. The minimum absolute atomic E-state index is 0.210. The highest BCUT2D eigenvalue weighted by Gasteiger charge is 2.24. The highest BCUT2D eigenvalue weighted by molar-refractivity contribution is 5.94. The number of aryl methyl sites for hydroxylation is 1. The van der Waals surface area contributed by atoms with E-state index in [1.54, 1.807) is 35.2 Å². The van der Waals surface area contributed by atoms with Crippen LogP contribution in [0.2, 0.25) is 0 Å². The van der Waals surface area contributed by atoms with E-state index in [0.717, 1.165) is 16.9 Å². The van der Waals surface area contributed by atoms with Crippen LogP contribution in [0.4, 0.5) is 0 Å². The van der Waals surface area contributed by atoms with Gasteiger partial charge in [0.05, 0.1) is 31.0 Å². The van der Waals surface area contributed by atoms with Crippen molar-refractivity contribution in [3.8, 4) is 28.9 Å². The maximum Gasteiger partial charge on any atom is 0.272 e. The van der Waals surface area contributed by atoms with Gasteiger partial charge in [0.1, 0.15) is 17.1 Å². The summed E-state index contributed by atoms with van der Waals surface area (Å²) in [5, 5.41) is 13.9. The van der Waals surface area contributed by atoms with Crippen LogP contribution < -0.4 is 4.74 Å². The van der Waals surface area contributed by atoms with Crippen LogP contribution in [0.15, 0.2) is 73.2 Å². The predicted octanol–water partition coefficient (Wildman–Crippen LogP) is 3.84. The molecule has 3 aromatic heterocycles. The molecule has 0 N–H and O–H groups in total. The third-order valence-electron chi connectivity index (χ3n) is 5.33. The second-order valence-corrected chi connectivity index (χ2v) is 7.53. The summed E-state index contributed by atoms with van der Waals surface area (Å²) < 4.78 is 8.87. The van der Waals surface area contributed by atoms with Gasteiger partial charge in [-0.25, -0.2) is 4.68 Å². The second kappa shape index (κ2) is 9.83. The fourth-order valence-electron chi connectivity index (χ4n) is 3.62. The van der Waals surface area contributed by atoms with Crippen LogP contribution in [0, 0.1) is 11.3 Å². The van der Waals surface area contributed by atoms with Crippen LogP contribution >= 0.6 is 0 Å². The molecule has 0 bridgehead atoms. The van der Waals surface area contributed by atoms with Crippen LogP contribution in [0.3, 0.4) is 0 Å². The maximum atomic E-state index is 13.7. The average molecular weight is 441 g/mol. The van der Waals surface area contributed by atoms with E-state index in [1.165, 1.54) is 0 Å². The number of ether oxygens (including phenoxy) is 1. The van der Waals surface area contributed by atoms with Gasteiger partial charge in [0.25, 0.3) is 5.91 Å². The lowest BCUT2D eigenvalue weighted by Gasteiger charge is -2.22. The van der Waals surface area contributed by atoms with E-state index in [2.05, 4.69) is 11.1 Å². The Morgan fingerprint density at radius 1 is 1.18 bits per heavy atom. The molecular weight excluding hydrogens is 416 g/mol. The van der Waals surface area contributed by atoms with Gasteiger partial charge in [0, 0.05) is 38.7 Å². The lowest BCUT2D eigenvalue weighted by atomic mass is 10.2. The summed E-state index contributed by atoms with van der Waals surface area (Å²) >= 11 is 0. The minimum Gasteiger partial charge on any atom is -0.497 e. The number of aromatic nitrogens is 4. The smallest absolute Gasteiger partial charge is 0.272 e. The Labute approximate surface area is 192 Å². The Bertz CT molecular complexity index is 1270. The second-order valence-electron chi connectivity index (χ2n) is 7.53. The molecule has 0 aliphatic rings. The predicted molar refractivity (Wildman–Crippen MR) is 124 cm³/mol. The number of benzene rings is 1. The van der Waals surface area contributed by atoms with Gasteiger partial charge in [-0.05, 0) is 54.1 Å². The van der Waals surface area contributed by atoms with E-state index in [-0.39, 0.29) is 12.3 Å². The number of amides is 1. The lowest BCUT2D eigenvalue weighted by Crippen LogP contribution is -2.33. The van der Waals surface area contributed by atoms with Crippen molar-refractivity contribution in [2.24, 2.45) is 7.05 Å². The van der Waals surface area contributed by atoms with Gasteiger partial charge in [-0.15, -0.1) is 0 Å². The monoisotopic (exact) mass is 440 g/mol. The molecule has 3 heterocycles. The van der Waals surface area contributed by atoms with Crippen molar-refractivity contribution in [1.29, 1.82) is 5.26 Å². The fraction of sp³-hybridized carbons (Fsp3) is 0.200. The molecule has 0 fully saturated rings. The van der Waals surface area contributed by atoms with Crippen molar-refractivity contribution >= 4 is 5.91 Å². The first-order valence-corrected chi connectivity index (χ1v) is 10.5. The Hall–Kier alpha value is -4.38. The molecule has 0 unspecified atom stereocenters. The van der Waals surface area contributed by atoms with Crippen molar-refractivity contribution in [3.63, 3.8) is 0 Å².